The smallest absolute Gasteiger partial charge is 0.301 e. The first-order chi connectivity index (χ1) is 6.06. The van der Waals surface area contributed by atoms with E-state index in [-0.39, 0.29) is 18.4 Å². The van der Waals surface area contributed by atoms with Crippen LogP contribution < -0.4 is 0 Å². The SMILES string of the molecule is OC1(C(F)(F)c2ccccc2)CC1. The van der Waals surface area contributed by atoms with Crippen molar-refractivity contribution in [1.29, 1.82) is 0 Å². The maximum atomic E-state index is 13.5. The molecule has 0 unspecified atom stereocenters. The summed E-state index contributed by atoms with van der Waals surface area (Å²) in [4.78, 5) is 0. The van der Waals surface area contributed by atoms with Crippen molar-refractivity contribution in [2.24, 2.45) is 0 Å². The minimum atomic E-state index is -3.10. The molecule has 2 rings (SSSR count). The highest BCUT2D eigenvalue weighted by atomic mass is 19.3. The topological polar surface area (TPSA) is 20.2 Å². The lowest BCUT2D eigenvalue weighted by Gasteiger charge is -2.22. The van der Waals surface area contributed by atoms with Gasteiger partial charge in [-0.25, -0.2) is 0 Å². The van der Waals surface area contributed by atoms with Crippen molar-refractivity contribution in [3.8, 4) is 0 Å². The monoisotopic (exact) mass is 184 g/mol. The third-order valence-electron chi connectivity index (χ3n) is 2.44. The predicted octanol–water partition coefficient (Wildman–Crippen LogP) is 2.30. The molecule has 0 atom stereocenters. The van der Waals surface area contributed by atoms with Gasteiger partial charge in [0.2, 0.25) is 0 Å². The van der Waals surface area contributed by atoms with Crippen LogP contribution in [-0.2, 0) is 5.92 Å². The van der Waals surface area contributed by atoms with Crippen LogP contribution in [0.2, 0.25) is 0 Å². The molecule has 1 nitrogen and oxygen atoms in total. The van der Waals surface area contributed by atoms with Crippen molar-refractivity contribution in [1.82, 2.24) is 0 Å². The number of alkyl halides is 2. The maximum Gasteiger partial charge on any atom is 0.301 e. The lowest BCUT2D eigenvalue weighted by molar-refractivity contribution is -0.132. The molecule has 0 aromatic heterocycles. The van der Waals surface area contributed by atoms with Crippen molar-refractivity contribution in [2.45, 2.75) is 24.4 Å². The second kappa shape index (κ2) is 2.51. The number of aliphatic hydroxyl groups is 1. The Morgan fingerprint density at radius 3 is 2.15 bits per heavy atom. The summed E-state index contributed by atoms with van der Waals surface area (Å²) in [5.41, 5.74) is -1.89. The average molecular weight is 184 g/mol. The molecule has 0 amide bonds. The Hall–Kier alpha value is -0.960. The lowest BCUT2D eigenvalue weighted by Crippen LogP contribution is -2.32. The van der Waals surface area contributed by atoms with E-state index < -0.39 is 11.5 Å². The first-order valence-corrected chi connectivity index (χ1v) is 4.22. The van der Waals surface area contributed by atoms with Crippen LogP contribution in [0.1, 0.15) is 18.4 Å². The molecule has 0 saturated heterocycles. The van der Waals surface area contributed by atoms with Gasteiger partial charge in [-0.3, -0.25) is 0 Å². The number of hydrogen-bond donors (Lipinski definition) is 1. The minimum Gasteiger partial charge on any atom is -0.383 e. The minimum absolute atomic E-state index is 0.102. The van der Waals surface area contributed by atoms with Crippen LogP contribution in [0.4, 0.5) is 8.78 Å². The van der Waals surface area contributed by atoms with E-state index in [4.69, 9.17) is 0 Å². The lowest BCUT2D eigenvalue weighted by atomic mass is 10.0. The van der Waals surface area contributed by atoms with E-state index in [9.17, 15) is 13.9 Å². The molecule has 3 heteroatoms. The molecular formula is C10H10F2O. The zero-order valence-corrected chi connectivity index (χ0v) is 7.00. The molecule has 13 heavy (non-hydrogen) atoms. The van der Waals surface area contributed by atoms with Gasteiger partial charge >= 0.3 is 5.92 Å². The number of hydrogen-bond acceptors (Lipinski definition) is 1. The molecule has 1 aliphatic carbocycles. The summed E-state index contributed by atoms with van der Waals surface area (Å²) in [5.74, 6) is -3.10. The molecular weight excluding hydrogens is 174 g/mol. The molecule has 1 aromatic rings. The highest BCUT2D eigenvalue weighted by molar-refractivity contribution is 5.26. The van der Waals surface area contributed by atoms with Crippen molar-refractivity contribution in [3.63, 3.8) is 0 Å². The molecule has 0 heterocycles. The fourth-order valence-electron chi connectivity index (χ4n) is 1.35. The van der Waals surface area contributed by atoms with Gasteiger partial charge in [-0.15, -0.1) is 0 Å². The van der Waals surface area contributed by atoms with Crippen molar-refractivity contribution >= 4 is 0 Å². The summed E-state index contributed by atoms with van der Waals surface area (Å²) < 4.78 is 27.0. The van der Waals surface area contributed by atoms with Gasteiger partial charge < -0.3 is 5.11 Å². The number of benzene rings is 1. The molecule has 1 fully saturated rings. The summed E-state index contributed by atoms with van der Waals surface area (Å²) in [6, 6.07) is 7.47. The summed E-state index contributed by atoms with van der Waals surface area (Å²) in [7, 11) is 0. The van der Waals surface area contributed by atoms with Gasteiger partial charge in [-0.2, -0.15) is 8.78 Å². The molecule has 0 radical (unpaired) electrons. The van der Waals surface area contributed by atoms with E-state index >= 15 is 0 Å². The predicted molar refractivity (Wildman–Crippen MR) is 44.5 cm³/mol. The van der Waals surface area contributed by atoms with Crippen LogP contribution in [0.15, 0.2) is 30.3 Å². The summed E-state index contributed by atoms with van der Waals surface area (Å²) in [5, 5.41) is 9.36. The highest BCUT2D eigenvalue weighted by Gasteiger charge is 2.61. The Kier molecular flexibility index (Phi) is 1.67. The quantitative estimate of drug-likeness (QED) is 0.747. The van der Waals surface area contributed by atoms with Gasteiger partial charge in [0.15, 0.2) is 0 Å². The molecule has 0 spiro atoms. The van der Waals surface area contributed by atoms with E-state index in [1.807, 2.05) is 0 Å². The molecule has 0 aliphatic heterocycles. The van der Waals surface area contributed by atoms with Gasteiger partial charge in [0.1, 0.15) is 5.60 Å². The van der Waals surface area contributed by atoms with E-state index in [1.165, 1.54) is 12.1 Å². The molecule has 1 aliphatic rings. The molecule has 70 valence electrons. The largest absolute Gasteiger partial charge is 0.383 e. The van der Waals surface area contributed by atoms with E-state index in [2.05, 4.69) is 0 Å². The number of rotatable bonds is 2. The van der Waals surface area contributed by atoms with E-state index in [0.29, 0.717) is 0 Å². The van der Waals surface area contributed by atoms with Crippen LogP contribution in [0.3, 0.4) is 0 Å². The average Bonchev–Trinajstić information content (AvgIpc) is 2.87. The fraction of sp³-hybridized carbons (Fsp3) is 0.400. The third-order valence-corrected chi connectivity index (χ3v) is 2.44. The Morgan fingerprint density at radius 2 is 1.69 bits per heavy atom. The second-order valence-electron chi connectivity index (χ2n) is 3.47. The van der Waals surface area contributed by atoms with Crippen LogP contribution in [0.5, 0.6) is 0 Å². The van der Waals surface area contributed by atoms with E-state index in [1.54, 1.807) is 18.2 Å². The Morgan fingerprint density at radius 1 is 1.15 bits per heavy atom. The van der Waals surface area contributed by atoms with Gasteiger partial charge in [0.25, 0.3) is 0 Å². The molecule has 1 saturated carbocycles. The fourth-order valence-corrected chi connectivity index (χ4v) is 1.35. The van der Waals surface area contributed by atoms with Crippen LogP contribution in [0, 0.1) is 0 Å². The van der Waals surface area contributed by atoms with Crippen molar-refractivity contribution in [3.05, 3.63) is 35.9 Å². The normalized spacial score (nSPS) is 19.9. The first kappa shape index (κ1) is 8.63. The maximum absolute atomic E-state index is 13.5. The Labute approximate surface area is 75.0 Å². The summed E-state index contributed by atoms with van der Waals surface area (Å²) in [6.45, 7) is 0. The van der Waals surface area contributed by atoms with Crippen LogP contribution in [-0.4, -0.2) is 10.7 Å². The molecule has 1 N–H and O–H groups in total. The van der Waals surface area contributed by atoms with E-state index in [0.717, 1.165) is 0 Å². The summed E-state index contributed by atoms with van der Waals surface area (Å²) >= 11 is 0. The number of halogens is 2. The van der Waals surface area contributed by atoms with Crippen molar-refractivity contribution in [2.75, 3.05) is 0 Å². The zero-order chi connectivity index (χ0) is 9.53. The molecule has 0 bridgehead atoms. The second-order valence-corrected chi connectivity index (χ2v) is 3.47. The van der Waals surface area contributed by atoms with Crippen molar-refractivity contribution < 1.29 is 13.9 Å². The summed E-state index contributed by atoms with van der Waals surface area (Å²) in [6.07, 6.45) is 0.379. The third kappa shape index (κ3) is 1.23. The van der Waals surface area contributed by atoms with Gasteiger partial charge in [-0.1, -0.05) is 30.3 Å². The van der Waals surface area contributed by atoms with Gasteiger partial charge in [-0.05, 0) is 12.8 Å². The highest BCUT2D eigenvalue weighted by Crippen LogP contribution is 2.53. The Bertz CT molecular complexity index is 304. The zero-order valence-electron chi connectivity index (χ0n) is 7.00. The van der Waals surface area contributed by atoms with Gasteiger partial charge in [0.05, 0.1) is 0 Å². The molecule has 1 aromatic carbocycles. The van der Waals surface area contributed by atoms with Gasteiger partial charge in [0, 0.05) is 5.56 Å². The van der Waals surface area contributed by atoms with Crippen LogP contribution in [0.25, 0.3) is 0 Å². The van der Waals surface area contributed by atoms with Crippen LogP contribution >= 0.6 is 0 Å². The Balaban J connectivity index is 2.35. The standard InChI is InChI=1S/C10H10F2O/c11-10(12,9(13)6-7-9)8-4-2-1-3-5-8/h1-5,13H,6-7H2. The first-order valence-electron chi connectivity index (χ1n) is 4.22.